The summed E-state index contributed by atoms with van der Waals surface area (Å²) in [5, 5.41) is 14.5. The molecule has 0 unspecified atom stereocenters. The molecule has 1 fully saturated rings. The molecule has 200 valence electrons. The molecule has 3 amide bonds. The lowest BCUT2D eigenvalue weighted by atomic mass is 10.0. The first-order valence-corrected chi connectivity index (χ1v) is 13.4. The maximum absolute atomic E-state index is 15.3. The predicted octanol–water partition coefficient (Wildman–Crippen LogP) is 3.77. The van der Waals surface area contributed by atoms with Crippen molar-refractivity contribution in [3.63, 3.8) is 0 Å². The van der Waals surface area contributed by atoms with E-state index in [1.807, 2.05) is 0 Å². The van der Waals surface area contributed by atoms with Crippen LogP contribution in [0.2, 0.25) is 0 Å². The molecule has 3 aromatic rings. The molecule has 2 atom stereocenters. The molecule has 3 N–H and O–H groups in total. The maximum atomic E-state index is 15.3. The van der Waals surface area contributed by atoms with Gasteiger partial charge in [0.2, 0.25) is 5.91 Å². The van der Waals surface area contributed by atoms with E-state index in [2.05, 4.69) is 10.6 Å². The first-order chi connectivity index (χ1) is 17.9. The average Bonchev–Trinajstić information content (AvgIpc) is 3.16. The molecule has 8 nitrogen and oxygen atoms in total. The number of anilines is 2. The summed E-state index contributed by atoms with van der Waals surface area (Å²) in [6, 6.07) is 8.83. The molecule has 1 saturated heterocycles. The summed E-state index contributed by atoms with van der Waals surface area (Å²) >= 11 is 0. The first kappa shape index (κ1) is 27.1. The average molecular weight is 548 g/mol. The highest BCUT2D eigenvalue weighted by molar-refractivity contribution is 7.90. The molecule has 1 aliphatic heterocycles. The van der Waals surface area contributed by atoms with Crippen LogP contribution in [-0.4, -0.2) is 50.4 Å². The van der Waals surface area contributed by atoms with Gasteiger partial charge in [-0.25, -0.2) is 26.4 Å². The molecule has 0 radical (unpaired) electrons. The smallest absolute Gasteiger partial charge is 0.319 e. The second-order valence-corrected chi connectivity index (χ2v) is 10.9. The number of hydrogen-bond donors (Lipinski definition) is 3. The Morgan fingerprint density at radius 1 is 1.05 bits per heavy atom. The minimum Gasteiger partial charge on any atom is -0.394 e. The molecule has 0 aliphatic carbocycles. The van der Waals surface area contributed by atoms with Gasteiger partial charge >= 0.3 is 6.03 Å². The second-order valence-electron chi connectivity index (χ2n) is 8.94. The Labute approximate surface area is 217 Å². The van der Waals surface area contributed by atoms with E-state index >= 15 is 8.78 Å². The van der Waals surface area contributed by atoms with E-state index in [0.717, 1.165) is 23.3 Å². The van der Waals surface area contributed by atoms with E-state index in [0.29, 0.717) is 5.56 Å². The number of halogens is 3. The van der Waals surface area contributed by atoms with Crippen LogP contribution in [0.3, 0.4) is 0 Å². The van der Waals surface area contributed by atoms with Crippen molar-refractivity contribution >= 4 is 33.2 Å². The summed E-state index contributed by atoms with van der Waals surface area (Å²) in [6.45, 7) is 1.06. The van der Waals surface area contributed by atoms with Gasteiger partial charge in [0.25, 0.3) is 0 Å². The zero-order valence-electron chi connectivity index (χ0n) is 20.3. The number of carbonyl (C=O) groups excluding carboxylic acids is 2. The second kappa shape index (κ2) is 10.5. The molecule has 38 heavy (non-hydrogen) atoms. The predicted molar refractivity (Wildman–Crippen MR) is 135 cm³/mol. The van der Waals surface area contributed by atoms with Crippen LogP contribution in [0.4, 0.5) is 29.3 Å². The van der Waals surface area contributed by atoms with E-state index in [-0.39, 0.29) is 28.1 Å². The first-order valence-electron chi connectivity index (χ1n) is 11.5. The topological polar surface area (TPSA) is 116 Å². The van der Waals surface area contributed by atoms with E-state index in [1.54, 1.807) is 13.0 Å². The van der Waals surface area contributed by atoms with Crippen LogP contribution < -0.4 is 15.5 Å². The number of rotatable bonds is 6. The number of nitrogens with one attached hydrogen (secondary N) is 2. The lowest BCUT2D eigenvalue weighted by Gasteiger charge is -2.24. The number of amides is 3. The van der Waals surface area contributed by atoms with Gasteiger partial charge in [0, 0.05) is 17.4 Å². The van der Waals surface area contributed by atoms with Crippen molar-refractivity contribution in [3.05, 3.63) is 77.6 Å². The largest absolute Gasteiger partial charge is 0.394 e. The number of sulfone groups is 1. The van der Waals surface area contributed by atoms with Crippen molar-refractivity contribution < 1.29 is 36.3 Å². The highest BCUT2D eigenvalue weighted by Gasteiger charge is 2.42. The molecule has 1 aliphatic rings. The third kappa shape index (κ3) is 5.22. The minimum absolute atomic E-state index is 0.0519. The normalized spacial score (nSPS) is 17.5. The van der Waals surface area contributed by atoms with Crippen molar-refractivity contribution in [3.8, 4) is 11.1 Å². The maximum Gasteiger partial charge on any atom is 0.319 e. The van der Waals surface area contributed by atoms with Crippen LogP contribution in [0.5, 0.6) is 0 Å². The highest BCUT2D eigenvalue weighted by Crippen LogP contribution is 2.36. The summed E-state index contributed by atoms with van der Waals surface area (Å²) in [7, 11) is -3.76. The van der Waals surface area contributed by atoms with Gasteiger partial charge < -0.3 is 20.6 Å². The van der Waals surface area contributed by atoms with Crippen molar-refractivity contribution in [2.45, 2.75) is 30.3 Å². The number of benzene rings is 3. The van der Waals surface area contributed by atoms with E-state index in [9.17, 15) is 27.5 Å². The van der Waals surface area contributed by atoms with Gasteiger partial charge in [0.1, 0.15) is 11.9 Å². The summed E-state index contributed by atoms with van der Waals surface area (Å²) in [5.41, 5.74) is -0.341. The van der Waals surface area contributed by atoms with Gasteiger partial charge in [-0.3, -0.25) is 4.79 Å². The van der Waals surface area contributed by atoms with Gasteiger partial charge in [0.05, 0.1) is 28.9 Å². The number of aliphatic hydroxyl groups is 1. The Kier molecular flexibility index (Phi) is 7.47. The van der Waals surface area contributed by atoms with Crippen LogP contribution in [0.15, 0.2) is 59.5 Å². The summed E-state index contributed by atoms with van der Waals surface area (Å²) in [6.07, 6.45) is 0.818. The Morgan fingerprint density at radius 2 is 1.76 bits per heavy atom. The van der Waals surface area contributed by atoms with Gasteiger partial charge in [-0.15, -0.1) is 0 Å². The number of aliphatic hydroxyl groups excluding tert-OH is 1. The van der Waals surface area contributed by atoms with Crippen LogP contribution in [-0.2, 0) is 14.6 Å². The van der Waals surface area contributed by atoms with Crippen LogP contribution >= 0.6 is 0 Å². The molecule has 0 spiro atoms. The lowest BCUT2D eigenvalue weighted by Crippen LogP contribution is -2.44. The van der Waals surface area contributed by atoms with Gasteiger partial charge in [-0.2, -0.15) is 0 Å². The monoisotopic (exact) mass is 547 g/mol. The highest BCUT2D eigenvalue weighted by atomic mass is 32.2. The zero-order valence-corrected chi connectivity index (χ0v) is 21.2. The number of hydrogen-bond acceptors (Lipinski definition) is 5. The molecule has 0 aromatic heterocycles. The van der Waals surface area contributed by atoms with Crippen LogP contribution in [0.25, 0.3) is 11.1 Å². The molecule has 4 rings (SSSR count). The summed E-state index contributed by atoms with van der Waals surface area (Å²) < 4.78 is 68.9. The zero-order chi connectivity index (χ0) is 27.8. The third-order valence-electron chi connectivity index (χ3n) is 6.20. The van der Waals surface area contributed by atoms with E-state index < -0.39 is 63.6 Å². The molecule has 3 aromatic carbocycles. The molecule has 0 saturated carbocycles. The molecular weight excluding hydrogens is 523 g/mol. The van der Waals surface area contributed by atoms with Gasteiger partial charge in [0.15, 0.2) is 21.5 Å². The van der Waals surface area contributed by atoms with Crippen molar-refractivity contribution in [1.29, 1.82) is 0 Å². The lowest BCUT2D eigenvalue weighted by molar-refractivity contribution is -0.118. The van der Waals surface area contributed by atoms with Crippen molar-refractivity contribution in [2.75, 3.05) is 23.1 Å². The van der Waals surface area contributed by atoms with Gasteiger partial charge in [-0.1, -0.05) is 24.3 Å². The fraction of sp³-hybridized carbons (Fsp3) is 0.231. The standard InChI is InChI=1S/C26H24F3N3O5S/c1-14-7-9-19(18(27)11-14)30-26(35)31-20-12-15(13-33)32(25(20)34)21-10-8-17(23(28)24(21)29)16-5-3-4-6-22(16)38(2,36)37/h3-11,15,20,33H,12-13H2,1-2H3,(H2,30,31,35)/t15-,20+/m0/s1. The fourth-order valence-corrected chi connectivity index (χ4v) is 5.31. The molecule has 12 heteroatoms. The Hall–Kier alpha value is -3.90. The quantitative estimate of drug-likeness (QED) is 0.435. The third-order valence-corrected chi connectivity index (χ3v) is 7.35. The van der Waals surface area contributed by atoms with Crippen molar-refractivity contribution in [2.24, 2.45) is 0 Å². The summed E-state index contributed by atoms with van der Waals surface area (Å²) in [5.74, 6) is -4.30. The Balaban J connectivity index is 1.61. The number of aryl methyl sites for hydroxylation is 1. The number of nitrogens with zero attached hydrogens (tertiary/aromatic N) is 1. The van der Waals surface area contributed by atoms with E-state index in [1.165, 1.54) is 36.4 Å². The number of carbonyl (C=O) groups is 2. The van der Waals surface area contributed by atoms with Crippen LogP contribution in [0, 0.1) is 24.4 Å². The Morgan fingerprint density at radius 3 is 2.42 bits per heavy atom. The Bertz CT molecular complexity index is 1530. The SMILES string of the molecule is Cc1ccc(NC(=O)N[C@@H]2C[C@@H](CO)N(c3ccc(-c4ccccc4S(C)(=O)=O)c(F)c3F)C2=O)c(F)c1. The van der Waals surface area contributed by atoms with E-state index in [4.69, 9.17) is 0 Å². The fourth-order valence-electron chi connectivity index (χ4n) is 4.40. The number of urea groups is 1. The summed E-state index contributed by atoms with van der Waals surface area (Å²) in [4.78, 5) is 26.2. The molecule has 1 heterocycles. The molecule has 0 bridgehead atoms. The van der Waals surface area contributed by atoms with Crippen LogP contribution in [0.1, 0.15) is 12.0 Å². The minimum atomic E-state index is -3.76. The van der Waals surface area contributed by atoms with Crippen molar-refractivity contribution in [1.82, 2.24) is 5.32 Å². The van der Waals surface area contributed by atoms with Gasteiger partial charge in [-0.05, 0) is 49.2 Å². The molecular formula is C26H24F3N3O5S.